The number of halogens is 3. The number of sulfonamides is 1. The summed E-state index contributed by atoms with van der Waals surface area (Å²) >= 11 is 0. The minimum Gasteiger partial charge on any atom is -0.322 e. The van der Waals surface area contributed by atoms with E-state index in [0.29, 0.717) is 29.9 Å². The van der Waals surface area contributed by atoms with E-state index in [1.807, 2.05) is 0 Å². The summed E-state index contributed by atoms with van der Waals surface area (Å²) < 4.78 is 63.3. The predicted molar refractivity (Wildman–Crippen MR) is 96.3 cm³/mol. The molecular weight excluding hydrogens is 381 g/mol. The molecule has 1 fully saturated rings. The lowest BCUT2D eigenvalue weighted by molar-refractivity contribution is -0.137. The summed E-state index contributed by atoms with van der Waals surface area (Å²) in [6, 6.07) is 8.78. The fourth-order valence-corrected chi connectivity index (χ4v) is 4.39. The predicted octanol–water partition coefficient (Wildman–Crippen LogP) is 3.81. The van der Waals surface area contributed by atoms with E-state index in [9.17, 15) is 26.4 Å². The van der Waals surface area contributed by atoms with Crippen LogP contribution >= 0.6 is 0 Å². The molecule has 3 rings (SSSR count). The second-order valence-corrected chi connectivity index (χ2v) is 8.28. The number of benzene rings is 2. The molecule has 0 atom stereocenters. The van der Waals surface area contributed by atoms with Crippen molar-refractivity contribution in [1.82, 2.24) is 0 Å². The Morgan fingerprint density at radius 3 is 2.33 bits per heavy atom. The third kappa shape index (κ3) is 4.08. The van der Waals surface area contributed by atoms with Crippen molar-refractivity contribution in [2.45, 2.75) is 19.5 Å². The number of nitrogens with one attached hydrogen (secondary N) is 1. The molecule has 0 aliphatic carbocycles. The minimum atomic E-state index is -4.47. The van der Waals surface area contributed by atoms with Crippen LogP contribution in [-0.4, -0.2) is 26.6 Å². The van der Waals surface area contributed by atoms with E-state index in [0.717, 1.165) is 24.3 Å². The number of hydrogen-bond donors (Lipinski definition) is 1. The van der Waals surface area contributed by atoms with Crippen LogP contribution in [0.3, 0.4) is 0 Å². The summed E-state index contributed by atoms with van der Waals surface area (Å²) in [5.74, 6) is -0.498. The molecule has 0 bridgehead atoms. The first-order chi connectivity index (χ1) is 12.6. The Labute approximate surface area is 154 Å². The van der Waals surface area contributed by atoms with Crippen LogP contribution < -0.4 is 9.62 Å². The molecule has 5 nitrogen and oxygen atoms in total. The Morgan fingerprint density at radius 2 is 1.78 bits per heavy atom. The first-order valence-electron chi connectivity index (χ1n) is 8.17. The lowest BCUT2D eigenvalue weighted by atomic mass is 10.1. The van der Waals surface area contributed by atoms with Gasteiger partial charge in [0.1, 0.15) is 0 Å². The topological polar surface area (TPSA) is 66.5 Å². The standard InChI is InChI=1S/C18H17F3N2O3S/c1-12-3-8-15(23-9-2-10-27(23,25)26)11-16(12)22-17(24)13-4-6-14(7-5-13)18(19,20)21/h3-8,11H,2,9-10H2,1H3,(H,22,24). The maximum atomic E-state index is 12.6. The zero-order valence-corrected chi connectivity index (χ0v) is 15.2. The van der Waals surface area contributed by atoms with E-state index in [1.54, 1.807) is 25.1 Å². The molecule has 1 aliphatic rings. The van der Waals surface area contributed by atoms with Crippen molar-refractivity contribution < 1.29 is 26.4 Å². The number of amides is 1. The van der Waals surface area contributed by atoms with Gasteiger partial charge in [-0.3, -0.25) is 9.10 Å². The highest BCUT2D eigenvalue weighted by Gasteiger charge is 2.30. The summed E-state index contributed by atoms with van der Waals surface area (Å²) in [4.78, 5) is 12.4. The van der Waals surface area contributed by atoms with Gasteiger partial charge in [-0.15, -0.1) is 0 Å². The van der Waals surface area contributed by atoms with Gasteiger partial charge in [0.2, 0.25) is 10.0 Å². The number of rotatable bonds is 3. The summed E-state index contributed by atoms with van der Waals surface area (Å²) in [5, 5.41) is 2.63. The number of alkyl halides is 3. The molecule has 1 N–H and O–H groups in total. The number of nitrogens with zero attached hydrogens (tertiary/aromatic N) is 1. The van der Waals surface area contributed by atoms with Crippen LogP contribution in [-0.2, 0) is 16.2 Å². The van der Waals surface area contributed by atoms with E-state index in [-0.39, 0.29) is 11.3 Å². The maximum absolute atomic E-state index is 12.6. The maximum Gasteiger partial charge on any atom is 0.416 e. The van der Waals surface area contributed by atoms with Crippen LogP contribution in [0.15, 0.2) is 42.5 Å². The normalized spacial score (nSPS) is 16.4. The van der Waals surface area contributed by atoms with Gasteiger partial charge in [-0.05, 0) is 55.3 Å². The smallest absolute Gasteiger partial charge is 0.322 e. The van der Waals surface area contributed by atoms with E-state index in [2.05, 4.69) is 5.32 Å². The minimum absolute atomic E-state index is 0.0709. The first kappa shape index (κ1) is 19.2. The van der Waals surface area contributed by atoms with Gasteiger partial charge in [0.15, 0.2) is 0 Å². The summed E-state index contributed by atoms with van der Waals surface area (Å²) in [6.45, 7) is 2.11. The molecule has 1 heterocycles. The molecule has 2 aromatic carbocycles. The molecule has 1 amide bonds. The van der Waals surface area contributed by atoms with E-state index >= 15 is 0 Å². The van der Waals surface area contributed by atoms with Crippen molar-refractivity contribution in [3.05, 3.63) is 59.2 Å². The summed E-state index contributed by atoms with van der Waals surface area (Å²) in [5.41, 5.74) is 0.786. The Balaban J connectivity index is 1.83. The van der Waals surface area contributed by atoms with Gasteiger partial charge in [-0.1, -0.05) is 6.07 Å². The van der Waals surface area contributed by atoms with Crippen molar-refractivity contribution in [2.75, 3.05) is 21.9 Å². The van der Waals surface area contributed by atoms with E-state index in [4.69, 9.17) is 0 Å². The lowest BCUT2D eigenvalue weighted by Crippen LogP contribution is -2.25. The van der Waals surface area contributed by atoms with Crippen LogP contribution in [0.2, 0.25) is 0 Å². The zero-order valence-electron chi connectivity index (χ0n) is 14.4. The monoisotopic (exact) mass is 398 g/mol. The molecule has 0 aromatic heterocycles. The van der Waals surface area contributed by atoms with Gasteiger partial charge in [-0.25, -0.2) is 8.42 Å². The average molecular weight is 398 g/mol. The third-order valence-electron chi connectivity index (χ3n) is 4.33. The molecule has 0 saturated carbocycles. The highest BCUT2D eigenvalue weighted by Crippen LogP contribution is 2.30. The van der Waals surface area contributed by atoms with Gasteiger partial charge in [0, 0.05) is 17.8 Å². The Hall–Kier alpha value is -2.55. The average Bonchev–Trinajstić information content (AvgIpc) is 2.95. The first-order valence-corrected chi connectivity index (χ1v) is 9.78. The van der Waals surface area contributed by atoms with Gasteiger partial charge < -0.3 is 5.32 Å². The SMILES string of the molecule is Cc1ccc(N2CCCS2(=O)=O)cc1NC(=O)c1ccc(C(F)(F)F)cc1. The Morgan fingerprint density at radius 1 is 1.11 bits per heavy atom. The van der Waals surface area contributed by atoms with Crippen molar-refractivity contribution in [2.24, 2.45) is 0 Å². The van der Waals surface area contributed by atoms with Crippen LogP contribution in [0.1, 0.15) is 27.9 Å². The second kappa shape index (κ2) is 6.88. The molecule has 0 unspecified atom stereocenters. The van der Waals surface area contributed by atoms with Crippen molar-refractivity contribution in [1.29, 1.82) is 0 Å². The molecule has 1 aliphatic heterocycles. The Kier molecular flexibility index (Phi) is 4.90. The number of carbonyl (C=O) groups is 1. The van der Waals surface area contributed by atoms with Crippen molar-refractivity contribution in [3.63, 3.8) is 0 Å². The number of anilines is 2. The van der Waals surface area contributed by atoms with E-state index < -0.39 is 27.7 Å². The molecule has 27 heavy (non-hydrogen) atoms. The van der Waals surface area contributed by atoms with Crippen LogP contribution in [0.25, 0.3) is 0 Å². The van der Waals surface area contributed by atoms with Crippen LogP contribution in [0.4, 0.5) is 24.5 Å². The van der Waals surface area contributed by atoms with Gasteiger partial charge in [-0.2, -0.15) is 13.2 Å². The summed E-state index contributed by atoms with van der Waals surface area (Å²) in [6.07, 6.45) is -3.94. The number of carbonyl (C=O) groups excluding carboxylic acids is 1. The highest BCUT2D eigenvalue weighted by molar-refractivity contribution is 7.93. The zero-order chi connectivity index (χ0) is 19.8. The quantitative estimate of drug-likeness (QED) is 0.855. The second-order valence-electron chi connectivity index (χ2n) is 6.27. The number of aryl methyl sites for hydroxylation is 1. The van der Waals surface area contributed by atoms with Crippen LogP contribution in [0.5, 0.6) is 0 Å². The van der Waals surface area contributed by atoms with Crippen molar-refractivity contribution >= 4 is 27.3 Å². The van der Waals surface area contributed by atoms with E-state index in [1.165, 1.54) is 4.31 Å². The molecular formula is C18H17F3N2O3S. The molecule has 0 spiro atoms. The summed E-state index contributed by atoms with van der Waals surface area (Å²) in [7, 11) is -3.36. The molecule has 144 valence electrons. The highest BCUT2D eigenvalue weighted by atomic mass is 32.2. The molecule has 2 aromatic rings. The fraction of sp³-hybridized carbons (Fsp3) is 0.278. The number of hydrogen-bond acceptors (Lipinski definition) is 3. The lowest BCUT2D eigenvalue weighted by Gasteiger charge is -2.19. The fourth-order valence-electron chi connectivity index (χ4n) is 2.83. The molecule has 1 saturated heterocycles. The van der Waals surface area contributed by atoms with Crippen LogP contribution in [0, 0.1) is 6.92 Å². The largest absolute Gasteiger partial charge is 0.416 e. The molecule has 0 radical (unpaired) electrons. The van der Waals surface area contributed by atoms with Gasteiger partial charge in [0.05, 0.1) is 17.0 Å². The van der Waals surface area contributed by atoms with Crippen molar-refractivity contribution in [3.8, 4) is 0 Å². The molecule has 9 heteroatoms. The van der Waals surface area contributed by atoms with Gasteiger partial charge >= 0.3 is 6.18 Å². The third-order valence-corrected chi connectivity index (χ3v) is 6.20. The van der Waals surface area contributed by atoms with Gasteiger partial charge in [0.25, 0.3) is 5.91 Å². The Bertz CT molecular complexity index is 970.